The summed E-state index contributed by atoms with van der Waals surface area (Å²) in [6.45, 7) is 0. The van der Waals surface area contributed by atoms with Crippen molar-refractivity contribution >= 4 is 23.1 Å². The fourth-order valence-electron chi connectivity index (χ4n) is 2.87. The van der Waals surface area contributed by atoms with E-state index < -0.39 is 0 Å². The summed E-state index contributed by atoms with van der Waals surface area (Å²) in [6.07, 6.45) is 1.80. The van der Waals surface area contributed by atoms with Gasteiger partial charge in [0.05, 0.1) is 31.7 Å². The van der Waals surface area contributed by atoms with Gasteiger partial charge in [-0.25, -0.2) is 14.3 Å². The van der Waals surface area contributed by atoms with Gasteiger partial charge < -0.3 is 14.8 Å². The molecule has 0 saturated carbocycles. The zero-order valence-electron chi connectivity index (χ0n) is 15.4. The molecule has 2 aromatic carbocycles. The van der Waals surface area contributed by atoms with Crippen molar-refractivity contribution in [3.63, 3.8) is 0 Å². The molecule has 0 fully saturated rings. The van der Waals surface area contributed by atoms with Crippen molar-refractivity contribution in [2.75, 3.05) is 19.5 Å². The lowest BCUT2D eigenvalue weighted by molar-refractivity contribution is 0.0601. The molecule has 0 atom stereocenters. The highest BCUT2D eigenvalue weighted by Gasteiger charge is 2.09. The van der Waals surface area contributed by atoms with E-state index in [9.17, 15) is 4.79 Å². The molecule has 0 saturated heterocycles. The van der Waals surface area contributed by atoms with Crippen molar-refractivity contribution in [1.29, 1.82) is 0 Å². The Morgan fingerprint density at radius 2 is 1.89 bits per heavy atom. The van der Waals surface area contributed by atoms with Gasteiger partial charge in [0.2, 0.25) is 0 Å². The molecule has 0 radical (unpaired) electrons. The molecule has 0 bridgehead atoms. The van der Waals surface area contributed by atoms with Crippen molar-refractivity contribution < 1.29 is 14.3 Å². The van der Waals surface area contributed by atoms with Gasteiger partial charge >= 0.3 is 5.97 Å². The summed E-state index contributed by atoms with van der Waals surface area (Å²) in [4.78, 5) is 16.2. The van der Waals surface area contributed by atoms with Crippen LogP contribution in [0, 0.1) is 0 Å². The van der Waals surface area contributed by atoms with Crippen molar-refractivity contribution in [3.05, 3.63) is 72.4 Å². The molecule has 1 N–H and O–H groups in total. The normalized spacial score (nSPS) is 10.6. The molecule has 4 aromatic rings. The standard InChI is InChI=1S/C21H18N4O3/c1-27-17-8-4-5-14(12-17)18-9-10-20-23-19(13-25(20)24-18)22-16-7-3-6-15(11-16)21(26)28-2/h3-13,22H,1-2H3. The predicted molar refractivity (Wildman–Crippen MR) is 106 cm³/mol. The summed E-state index contributed by atoms with van der Waals surface area (Å²) in [5.41, 5.74) is 3.67. The predicted octanol–water partition coefficient (Wildman–Crippen LogP) is 3.94. The number of hydrogen-bond acceptors (Lipinski definition) is 6. The average Bonchev–Trinajstić information content (AvgIpc) is 3.14. The fraction of sp³-hybridized carbons (Fsp3) is 0.0952. The molecule has 0 aliphatic rings. The SMILES string of the molecule is COC(=O)c1cccc(Nc2cn3nc(-c4cccc(OC)c4)ccc3n2)c1. The summed E-state index contributed by atoms with van der Waals surface area (Å²) in [6, 6.07) is 18.6. The largest absolute Gasteiger partial charge is 0.497 e. The third-order valence-electron chi connectivity index (χ3n) is 4.24. The Morgan fingerprint density at radius 1 is 1.04 bits per heavy atom. The topological polar surface area (TPSA) is 77.8 Å². The Labute approximate surface area is 161 Å². The minimum Gasteiger partial charge on any atom is -0.497 e. The molecule has 2 aromatic heterocycles. The second-order valence-electron chi connectivity index (χ2n) is 6.08. The molecule has 140 valence electrons. The minimum absolute atomic E-state index is 0.386. The first-order valence-corrected chi connectivity index (χ1v) is 8.62. The van der Waals surface area contributed by atoms with E-state index in [-0.39, 0.29) is 5.97 Å². The van der Waals surface area contributed by atoms with E-state index in [1.165, 1.54) is 7.11 Å². The lowest BCUT2D eigenvalue weighted by atomic mass is 10.1. The first kappa shape index (κ1) is 17.5. The lowest BCUT2D eigenvalue weighted by Gasteiger charge is -2.04. The van der Waals surface area contributed by atoms with Crippen LogP contribution in [0.2, 0.25) is 0 Å². The van der Waals surface area contributed by atoms with E-state index in [4.69, 9.17) is 9.47 Å². The van der Waals surface area contributed by atoms with Crippen molar-refractivity contribution in [3.8, 4) is 17.0 Å². The van der Waals surface area contributed by atoms with Crippen LogP contribution in [0.3, 0.4) is 0 Å². The Kier molecular flexibility index (Phi) is 4.63. The number of fused-ring (bicyclic) bond motifs is 1. The highest BCUT2D eigenvalue weighted by atomic mass is 16.5. The van der Waals surface area contributed by atoms with Gasteiger partial charge in [-0.3, -0.25) is 0 Å². The number of ether oxygens (including phenoxy) is 2. The molecule has 28 heavy (non-hydrogen) atoms. The smallest absolute Gasteiger partial charge is 0.337 e. The maximum absolute atomic E-state index is 11.7. The maximum Gasteiger partial charge on any atom is 0.337 e. The molecule has 0 unspecified atom stereocenters. The third kappa shape index (κ3) is 3.50. The zero-order chi connectivity index (χ0) is 19.5. The molecular formula is C21H18N4O3. The number of methoxy groups -OCH3 is 2. The molecule has 0 amide bonds. The van der Waals surface area contributed by atoms with Crippen LogP contribution in [-0.4, -0.2) is 34.8 Å². The van der Waals surface area contributed by atoms with E-state index in [2.05, 4.69) is 15.4 Å². The summed E-state index contributed by atoms with van der Waals surface area (Å²) in [5.74, 6) is 1.01. The van der Waals surface area contributed by atoms with Crippen LogP contribution >= 0.6 is 0 Å². The fourth-order valence-corrected chi connectivity index (χ4v) is 2.87. The number of hydrogen-bond donors (Lipinski definition) is 1. The Balaban J connectivity index is 1.62. The van der Waals surface area contributed by atoms with Crippen LogP contribution in [0.5, 0.6) is 5.75 Å². The number of rotatable bonds is 5. The second-order valence-corrected chi connectivity index (χ2v) is 6.08. The van der Waals surface area contributed by atoms with E-state index in [1.54, 1.807) is 36.0 Å². The van der Waals surface area contributed by atoms with Crippen molar-refractivity contribution in [1.82, 2.24) is 14.6 Å². The molecule has 0 aliphatic carbocycles. The quantitative estimate of drug-likeness (QED) is 0.533. The van der Waals surface area contributed by atoms with E-state index in [0.29, 0.717) is 17.0 Å². The van der Waals surface area contributed by atoms with Gasteiger partial charge in [0.1, 0.15) is 5.75 Å². The van der Waals surface area contributed by atoms with Gasteiger partial charge in [0, 0.05) is 11.3 Å². The van der Waals surface area contributed by atoms with Crippen LogP contribution < -0.4 is 10.1 Å². The van der Waals surface area contributed by atoms with Gasteiger partial charge in [-0.05, 0) is 42.5 Å². The van der Waals surface area contributed by atoms with Crippen molar-refractivity contribution in [2.45, 2.75) is 0 Å². The van der Waals surface area contributed by atoms with Gasteiger partial charge in [0.25, 0.3) is 0 Å². The number of carbonyl (C=O) groups is 1. The van der Waals surface area contributed by atoms with E-state index in [0.717, 1.165) is 22.7 Å². The van der Waals surface area contributed by atoms with Gasteiger partial charge in [-0.2, -0.15) is 5.10 Å². The van der Waals surface area contributed by atoms with Crippen LogP contribution in [0.1, 0.15) is 10.4 Å². The third-order valence-corrected chi connectivity index (χ3v) is 4.24. The number of imidazole rings is 1. The molecule has 7 heteroatoms. The molecule has 4 rings (SSSR count). The second kappa shape index (κ2) is 7.40. The minimum atomic E-state index is -0.386. The Bertz CT molecular complexity index is 1150. The number of esters is 1. The van der Waals surface area contributed by atoms with Gasteiger partial charge in [-0.15, -0.1) is 0 Å². The maximum atomic E-state index is 11.7. The number of carbonyl (C=O) groups excluding carboxylic acids is 1. The number of aromatic nitrogens is 3. The molecule has 2 heterocycles. The van der Waals surface area contributed by atoms with Gasteiger partial charge in [0.15, 0.2) is 11.5 Å². The Morgan fingerprint density at radius 3 is 2.71 bits per heavy atom. The summed E-state index contributed by atoms with van der Waals surface area (Å²) < 4.78 is 11.7. The summed E-state index contributed by atoms with van der Waals surface area (Å²) in [5, 5.41) is 7.82. The first-order chi connectivity index (χ1) is 13.7. The zero-order valence-corrected chi connectivity index (χ0v) is 15.4. The summed E-state index contributed by atoms with van der Waals surface area (Å²) >= 11 is 0. The monoisotopic (exact) mass is 374 g/mol. The van der Waals surface area contributed by atoms with E-state index >= 15 is 0 Å². The lowest BCUT2D eigenvalue weighted by Crippen LogP contribution is -2.01. The van der Waals surface area contributed by atoms with Crippen LogP contribution in [0.15, 0.2) is 66.9 Å². The number of nitrogens with one attached hydrogen (secondary N) is 1. The van der Waals surface area contributed by atoms with Gasteiger partial charge in [-0.1, -0.05) is 18.2 Å². The molecule has 0 spiro atoms. The number of anilines is 2. The number of nitrogens with zero attached hydrogens (tertiary/aromatic N) is 3. The number of benzene rings is 2. The molecule has 7 nitrogen and oxygen atoms in total. The average molecular weight is 374 g/mol. The molecular weight excluding hydrogens is 356 g/mol. The molecule has 0 aliphatic heterocycles. The van der Waals surface area contributed by atoms with Crippen molar-refractivity contribution in [2.24, 2.45) is 0 Å². The summed E-state index contributed by atoms with van der Waals surface area (Å²) in [7, 11) is 2.99. The highest BCUT2D eigenvalue weighted by Crippen LogP contribution is 2.23. The van der Waals surface area contributed by atoms with Crippen LogP contribution in [0.25, 0.3) is 16.9 Å². The van der Waals surface area contributed by atoms with E-state index in [1.807, 2.05) is 42.5 Å². The highest BCUT2D eigenvalue weighted by molar-refractivity contribution is 5.90. The first-order valence-electron chi connectivity index (χ1n) is 8.62. The van der Waals surface area contributed by atoms with Crippen LogP contribution in [0.4, 0.5) is 11.5 Å². The van der Waals surface area contributed by atoms with Crippen LogP contribution in [-0.2, 0) is 4.74 Å². The Hall–Kier alpha value is -3.87.